The molecule has 1 unspecified atom stereocenters. The summed E-state index contributed by atoms with van der Waals surface area (Å²) < 4.78 is 0. The Labute approximate surface area is 62.8 Å². The van der Waals surface area contributed by atoms with Crippen LogP contribution in [-0.2, 0) is 0 Å². The van der Waals surface area contributed by atoms with E-state index < -0.39 is 0 Å². The van der Waals surface area contributed by atoms with Gasteiger partial charge in [-0.05, 0) is 11.8 Å². The zero-order valence-electron chi connectivity index (χ0n) is 6.96. The van der Waals surface area contributed by atoms with Gasteiger partial charge < -0.3 is 5.73 Å². The molecule has 0 fully saturated rings. The van der Waals surface area contributed by atoms with Gasteiger partial charge >= 0.3 is 0 Å². The first-order valence-corrected chi connectivity index (χ1v) is 3.52. The van der Waals surface area contributed by atoms with Crippen molar-refractivity contribution in [3.05, 3.63) is 12.4 Å². The Balaban J connectivity index is 3.77. The number of rotatable bonds is 3. The maximum Gasteiger partial charge on any atom is 0.115 e. The largest absolute Gasteiger partial charge is 0.384 e. The van der Waals surface area contributed by atoms with Gasteiger partial charge in [-0.25, -0.2) is 4.99 Å². The lowest BCUT2D eigenvalue weighted by molar-refractivity contribution is 0.540. The van der Waals surface area contributed by atoms with Gasteiger partial charge in [0.15, 0.2) is 0 Å². The lowest BCUT2D eigenvalue weighted by Crippen LogP contribution is -2.05. The number of hydrogen-bond acceptors (Lipinski definition) is 2. The predicted molar refractivity (Wildman–Crippen MR) is 45.8 cm³/mol. The molecule has 0 spiro atoms. The zero-order valence-corrected chi connectivity index (χ0v) is 6.96. The van der Waals surface area contributed by atoms with Crippen LogP contribution in [0.3, 0.4) is 0 Å². The standard InChI is InChI=1S/C8H16N2/c1-6(2)7(3)5-10-8(4)9/h5-7H,4,9H2,1-3H3. The Hall–Kier alpha value is -0.790. The summed E-state index contributed by atoms with van der Waals surface area (Å²) >= 11 is 0. The third-order valence-electron chi connectivity index (χ3n) is 1.53. The van der Waals surface area contributed by atoms with Crippen LogP contribution >= 0.6 is 0 Å². The van der Waals surface area contributed by atoms with E-state index in [1.165, 1.54) is 0 Å². The number of aliphatic imine (C=N–C) groups is 1. The molecule has 0 saturated heterocycles. The van der Waals surface area contributed by atoms with Crippen molar-refractivity contribution in [1.82, 2.24) is 0 Å². The third kappa shape index (κ3) is 4.13. The second-order valence-electron chi connectivity index (χ2n) is 2.87. The fourth-order valence-corrected chi connectivity index (χ4v) is 0.385. The minimum Gasteiger partial charge on any atom is -0.384 e. The summed E-state index contributed by atoms with van der Waals surface area (Å²) in [6.45, 7) is 9.87. The van der Waals surface area contributed by atoms with E-state index in [1.54, 1.807) is 0 Å². The van der Waals surface area contributed by atoms with Gasteiger partial charge in [0.25, 0.3) is 0 Å². The van der Waals surface area contributed by atoms with Crippen LogP contribution in [0.1, 0.15) is 20.8 Å². The number of nitrogens with two attached hydrogens (primary N) is 1. The van der Waals surface area contributed by atoms with Crippen LogP contribution in [0.15, 0.2) is 17.4 Å². The quantitative estimate of drug-likeness (QED) is 0.596. The van der Waals surface area contributed by atoms with Crippen LogP contribution in [0.2, 0.25) is 0 Å². The summed E-state index contributed by atoms with van der Waals surface area (Å²) in [5.41, 5.74) is 5.25. The van der Waals surface area contributed by atoms with Crippen molar-refractivity contribution in [2.75, 3.05) is 0 Å². The molecule has 0 heterocycles. The molecule has 1 atom stereocenters. The lowest BCUT2D eigenvalue weighted by atomic mass is 10.00. The van der Waals surface area contributed by atoms with Gasteiger partial charge in [-0.15, -0.1) is 0 Å². The summed E-state index contributed by atoms with van der Waals surface area (Å²) in [5.74, 6) is 1.47. The fraction of sp³-hybridized carbons (Fsp3) is 0.625. The summed E-state index contributed by atoms with van der Waals surface area (Å²) in [4.78, 5) is 3.90. The van der Waals surface area contributed by atoms with Gasteiger partial charge in [-0.2, -0.15) is 0 Å². The first-order valence-electron chi connectivity index (χ1n) is 3.52. The van der Waals surface area contributed by atoms with Gasteiger partial charge in [-0.1, -0.05) is 27.4 Å². The van der Waals surface area contributed by atoms with E-state index in [4.69, 9.17) is 5.73 Å². The smallest absolute Gasteiger partial charge is 0.115 e. The Morgan fingerprint density at radius 2 is 2.00 bits per heavy atom. The topological polar surface area (TPSA) is 38.4 Å². The van der Waals surface area contributed by atoms with Crippen LogP contribution in [0.5, 0.6) is 0 Å². The number of nitrogens with zero attached hydrogens (tertiary/aromatic N) is 1. The van der Waals surface area contributed by atoms with E-state index in [1.807, 2.05) is 6.21 Å². The Bertz CT molecular complexity index is 136. The van der Waals surface area contributed by atoms with Crippen molar-refractivity contribution in [3.63, 3.8) is 0 Å². The van der Waals surface area contributed by atoms with E-state index >= 15 is 0 Å². The van der Waals surface area contributed by atoms with Gasteiger partial charge in [-0.3, -0.25) is 0 Å². The fourth-order valence-electron chi connectivity index (χ4n) is 0.385. The molecule has 2 nitrogen and oxygen atoms in total. The first-order chi connectivity index (χ1) is 4.54. The maximum absolute atomic E-state index is 5.25. The number of hydrogen-bond donors (Lipinski definition) is 1. The van der Waals surface area contributed by atoms with Crippen molar-refractivity contribution < 1.29 is 0 Å². The lowest BCUT2D eigenvalue weighted by Gasteiger charge is -2.07. The SMILES string of the molecule is C=C(N)N=CC(C)C(C)C. The summed E-state index contributed by atoms with van der Waals surface area (Å²) in [6, 6.07) is 0. The average molecular weight is 140 g/mol. The first kappa shape index (κ1) is 9.21. The molecule has 0 aromatic rings. The Morgan fingerprint density at radius 3 is 2.30 bits per heavy atom. The minimum atomic E-state index is 0.382. The normalized spacial score (nSPS) is 14.4. The predicted octanol–water partition coefficient (Wildman–Crippen LogP) is 1.78. The Kier molecular flexibility index (Phi) is 3.77. The molecule has 0 bridgehead atoms. The molecule has 0 aliphatic heterocycles. The van der Waals surface area contributed by atoms with Crippen molar-refractivity contribution in [3.8, 4) is 0 Å². The second kappa shape index (κ2) is 4.09. The maximum atomic E-state index is 5.25. The molecule has 0 aromatic heterocycles. The second-order valence-corrected chi connectivity index (χ2v) is 2.87. The van der Waals surface area contributed by atoms with Crippen LogP contribution in [0.4, 0.5) is 0 Å². The van der Waals surface area contributed by atoms with Crippen molar-refractivity contribution >= 4 is 6.21 Å². The molecule has 0 aliphatic carbocycles. The van der Waals surface area contributed by atoms with E-state index in [0.717, 1.165) is 0 Å². The molecule has 0 amide bonds. The van der Waals surface area contributed by atoms with E-state index in [9.17, 15) is 0 Å². The van der Waals surface area contributed by atoms with Crippen molar-refractivity contribution in [2.45, 2.75) is 20.8 Å². The molecule has 0 aromatic carbocycles. The Morgan fingerprint density at radius 1 is 1.50 bits per heavy atom. The molecule has 2 N–H and O–H groups in total. The highest BCUT2D eigenvalue weighted by Crippen LogP contribution is 2.06. The average Bonchev–Trinajstić information content (AvgIpc) is 1.82. The van der Waals surface area contributed by atoms with E-state index in [2.05, 4.69) is 32.3 Å². The zero-order chi connectivity index (χ0) is 8.15. The molecular weight excluding hydrogens is 124 g/mol. The highest BCUT2D eigenvalue weighted by Gasteiger charge is 2.01. The molecule has 10 heavy (non-hydrogen) atoms. The van der Waals surface area contributed by atoms with Crippen molar-refractivity contribution in [1.29, 1.82) is 0 Å². The molecule has 0 aliphatic rings. The highest BCUT2D eigenvalue weighted by molar-refractivity contribution is 5.61. The van der Waals surface area contributed by atoms with Gasteiger partial charge in [0.1, 0.15) is 5.82 Å². The van der Waals surface area contributed by atoms with Crippen LogP contribution in [-0.4, -0.2) is 6.21 Å². The molecule has 0 rings (SSSR count). The molecule has 0 saturated carbocycles. The molecule has 2 heteroatoms. The van der Waals surface area contributed by atoms with Crippen molar-refractivity contribution in [2.24, 2.45) is 22.6 Å². The van der Waals surface area contributed by atoms with Crippen LogP contribution < -0.4 is 5.73 Å². The summed E-state index contributed by atoms with van der Waals surface area (Å²) in [5, 5.41) is 0. The van der Waals surface area contributed by atoms with Gasteiger partial charge in [0, 0.05) is 6.21 Å². The van der Waals surface area contributed by atoms with Gasteiger partial charge in [0.2, 0.25) is 0 Å². The van der Waals surface area contributed by atoms with E-state index in [-0.39, 0.29) is 0 Å². The molecule has 58 valence electrons. The molecule has 0 radical (unpaired) electrons. The minimum absolute atomic E-state index is 0.382. The third-order valence-corrected chi connectivity index (χ3v) is 1.53. The summed E-state index contributed by atoms with van der Waals surface area (Å²) in [6.07, 6.45) is 1.84. The van der Waals surface area contributed by atoms with Crippen LogP contribution in [0.25, 0.3) is 0 Å². The van der Waals surface area contributed by atoms with E-state index in [0.29, 0.717) is 17.7 Å². The van der Waals surface area contributed by atoms with Gasteiger partial charge in [0.05, 0.1) is 0 Å². The molecular formula is C8H16N2. The summed E-state index contributed by atoms with van der Waals surface area (Å²) in [7, 11) is 0. The highest BCUT2D eigenvalue weighted by atomic mass is 14.9. The van der Waals surface area contributed by atoms with Crippen LogP contribution in [0, 0.1) is 11.8 Å². The monoisotopic (exact) mass is 140 g/mol.